The summed E-state index contributed by atoms with van der Waals surface area (Å²) < 4.78 is 32.2. The van der Waals surface area contributed by atoms with Crippen molar-refractivity contribution in [2.24, 2.45) is 0 Å². The summed E-state index contributed by atoms with van der Waals surface area (Å²) in [6.45, 7) is 6.65. The predicted molar refractivity (Wildman–Crippen MR) is 78.0 cm³/mol. The van der Waals surface area contributed by atoms with Crippen LogP contribution in [0.1, 0.15) is 25.6 Å². The molecule has 1 aliphatic heterocycles. The summed E-state index contributed by atoms with van der Waals surface area (Å²) in [6.07, 6.45) is 0.548. The first-order chi connectivity index (χ1) is 8.81. The molecular weight excluding hydrogens is 282 g/mol. The van der Waals surface area contributed by atoms with Gasteiger partial charge in [0.25, 0.3) is 0 Å². The number of hydrogen-bond acceptors (Lipinski definition) is 4. The molecule has 0 spiro atoms. The molecule has 0 radical (unpaired) electrons. The van der Waals surface area contributed by atoms with E-state index in [1.165, 1.54) is 0 Å². The molecule has 1 fully saturated rings. The van der Waals surface area contributed by atoms with E-state index >= 15 is 0 Å². The summed E-state index contributed by atoms with van der Waals surface area (Å²) in [5.74, 6) is 0.170. The molecule has 1 atom stereocenters. The number of rotatable bonds is 4. The van der Waals surface area contributed by atoms with Gasteiger partial charge in [-0.2, -0.15) is 4.31 Å². The fourth-order valence-electron chi connectivity index (χ4n) is 2.24. The van der Waals surface area contributed by atoms with Crippen molar-refractivity contribution in [2.45, 2.75) is 38.8 Å². The third-order valence-electron chi connectivity index (χ3n) is 3.34. The predicted octanol–water partition coefficient (Wildman–Crippen LogP) is 2.12. The quantitative estimate of drug-likeness (QED) is 0.856. The standard InChI is InChI=1S/C13H21NO3S2/c1-11-9-14(13(2,3)10-17-11)19(15,16)8-6-12-5-4-7-18-12/h4-5,7,11H,6,8-10H2,1-3H3/t11-/m1/s1. The van der Waals surface area contributed by atoms with E-state index in [4.69, 9.17) is 4.74 Å². The van der Waals surface area contributed by atoms with Gasteiger partial charge in [-0.05, 0) is 38.6 Å². The fraction of sp³-hybridized carbons (Fsp3) is 0.692. The molecule has 0 bridgehead atoms. The minimum atomic E-state index is -3.24. The first kappa shape index (κ1) is 15.0. The average molecular weight is 303 g/mol. The van der Waals surface area contributed by atoms with Crippen LogP contribution in [0.25, 0.3) is 0 Å². The monoisotopic (exact) mass is 303 g/mol. The van der Waals surface area contributed by atoms with Crippen LogP contribution in [-0.2, 0) is 21.2 Å². The first-order valence-corrected chi connectivity index (χ1v) is 8.95. The van der Waals surface area contributed by atoms with E-state index in [9.17, 15) is 8.42 Å². The molecule has 0 N–H and O–H groups in total. The number of ether oxygens (including phenoxy) is 1. The van der Waals surface area contributed by atoms with Crippen LogP contribution in [-0.4, -0.2) is 43.3 Å². The lowest BCUT2D eigenvalue weighted by molar-refractivity contribution is -0.0550. The van der Waals surface area contributed by atoms with E-state index in [1.54, 1.807) is 15.6 Å². The van der Waals surface area contributed by atoms with Gasteiger partial charge in [0.05, 0.1) is 24.0 Å². The molecule has 4 nitrogen and oxygen atoms in total. The van der Waals surface area contributed by atoms with Crippen LogP contribution < -0.4 is 0 Å². The van der Waals surface area contributed by atoms with Crippen LogP contribution >= 0.6 is 11.3 Å². The summed E-state index contributed by atoms with van der Waals surface area (Å²) in [5, 5.41) is 1.97. The minimum absolute atomic E-state index is 0.0375. The molecule has 108 valence electrons. The number of morpholine rings is 1. The molecule has 2 heterocycles. The number of aryl methyl sites for hydroxylation is 1. The molecule has 6 heteroatoms. The molecule has 0 unspecified atom stereocenters. The van der Waals surface area contributed by atoms with Crippen LogP contribution in [0.4, 0.5) is 0 Å². The van der Waals surface area contributed by atoms with Gasteiger partial charge >= 0.3 is 0 Å². The van der Waals surface area contributed by atoms with Crippen LogP contribution in [0.2, 0.25) is 0 Å². The van der Waals surface area contributed by atoms with Crippen molar-refractivity contribution in [1.82, 2.24) is 4.31 Å². The molecular formula is C13H21NO3S2. The molecule has 1 aromatic heterocycles. The van der Waals surface area contributed by atoms with Crippen molar-refractivity contribution < 1.29 is 13.2 Å². The highest BCUT2D eigenvalue weighted by Gasteiger charge is 2.40. The van der Waals surface area contributed by atoms with Gasteiger partial charge in [-0.25, -0.2) is 8.42 Å². The Morgan fingerprint density at radius 2 is 2.26 bits per heavy atom. The van der Waals surface area contributed by atoms with Gasteiger partial charge < -0.3 is 4.74 Å². The topological polar surface area (TPSA) is 46.6 Å². The zero-order valence-electron chi connectivity index (χ0n) is 11.6. The normalized spacial score (nSPS) is 24.5. The zero-order valence-corrected chi connectivity index (χ0v) is 13.3. The third kappa shape index (κ3) is 3.56. The van der Waals surface area contributed by atoms with Crippen LogP contribution in [0.15, 0.2) is 17.5 Å². The molecule has 0 amide bonds. The van der Waals surface area contributed by atoms with Gasteiger partial charge in [-0.3, -0.25) is 0 Å². The highest BCUT2D eigenvalue weighted by atomic mass is 32.2. The largest absolute Gasteiger partial charge is 0.375 e. The van der Waals surface area contributed by atoms with E-state index in [0.717, 1.165) is 4.88 Å². The Labute approximate surface area is 119 Å². The Kier molecular flexibility index (Phi) is 4.35. The highest BCUT2D eigenvalue weighted by molar-refractivity contribution is 7.89. The minimum Gasteiger partial charge on any atom is -0.375 e. The van der Waals surface area contributed by atoms with E-state index in [0.29, 0.717) is 19.6 Å². The summed E-state index contributed by atoms with van der Waals surface area (Å²) in [7, 11) is -3.24. The maximum absolute atomic E-state index is 12.5. The van der Waals surface area contributed by atoms with E-state index < -0.39 is 15.6 Å². The molecule has 0 aliphatic carbocycles. The van der Waals surface area contributed by atoms with Gasteiger partial charge in [0.1, 0.15) is 0 Å². The Bertz CT molecular complexity index is 508. The lowest BCUT2D eigenvalue weighted by atomic mass is 10.1. The maximum Gasteiger partial charge on any atom is 0.215 e. The van der Waals surface area contributed by atoms with Crippen molar-refractivity contribution in [3.63, 3.8) is 0 Å². The van der Waals surface area contributed by atoms with Gasteiger partial charge in [0.15, 0.2) is 0 Å². The number of hydrogen-bond donors (Lipinski definition) is 0. The Balaban J connectivity index is 2.09. The summed E-state index contributed by atoms with van der Waals surface area (Å²) in [4.78, 5) is 1.11. The van der Waals surface area contributed by atoms with E-state index in [1.807, 2.05) is 38.3 Å². The van der Waals surface area contributed by atoms with Crippen LogP contribution in [0.3, 0.4) is 0 Å². The van der Waals surface area contributed by atoms with Crippen molar-refractivity contribution in [1.29, 1.82) is 0 Å². The van der Waals surface area contributed by atoms with Crippen molar-refractivity contribution in [2.75, 3.05) is 18.9 Å². The average Bonchev–Trinajstić information content (AvgIpc) is 2.83. The van der Waals surface area contributed by atoms with Crippen molar-refractivity contribution in [3.05, 3.63) is 22.4 Å². The molecule has 0 aromatic carbocycles. The van der Waals surface area contributed by atoms with E-state index in [-0.39, 0.29) is 11.9 Å². The summed E-state index contributed by atoms with van der Waals surface area (Å²) >= 11 is 1.60. The third-order valence-corrected chi connectivity index (χ3v) is 6.31. The van der Waals surface area contributed by atoms with Gasteiger partial charge in [-0.1, -0.05) is 6.07 Å². The van der Waals surface area contributed by atoms with Gasteiger partial charge in [0.2, 0.25) is 10.0 Å². The van der Waals surface area contributed by atoms with Crippen LogP contribution in [0.5, 0.6) is 0 Å². The number of nitrogens with zero attached hydrogens (tertiary/aromatic N) is 1. The molecule has 1 aromatic rings. The van der Waals surface area contributed by atoms with Crippen molar-refractivity contribution in [3.8, 4) is 0 Å². The lowest BCUT2D eigenvalue weighted by Crippen LogP contribution is -2.58. The molecule has 1 saturated heterocycles. The van der Waals surface area contributed by atoms with Gasteiger partial charge in [-0.15, -0.1) is 11.3 Å². The first-order valence-electron chi connectivity index (χ1n) is 6.46. The molecule has 0 saturated carbocycles. The molecule has 2 rings (SSSR count). The fourth-order valence-corrected chi connectivity index (χ4v) is 5.02. The number of sulfonamides is 1. The second-order valence-electron chi connectivity index (χ2n) is 5.61. The summed E-state index contributed by atoms with van der Waals surface area (Å²) in [6, 6.07) is 3.93. The Hall–Kier alpha value is -0.430. The Morgan fingerprint density at radius 3 is 2.89 bits per heavy atom. The molecule has 1 aliphatic rings. The zero-order chi connectivity index (χ0) is 14.1. The highest BCUT2D eigenvalue weighted by Crippen LogP contribution is 2.26. The Morgan fingerprint density at radius 1 is 1.53 bits per heavy atom. The van der Waals surface area contributed by atoms with Gasteiger partial charge in [0, 0.05) is 11.4 Å². The molecule has 19 heavy (non-hydrogen) atoms. The second kappa shape index (κ2) is 5.52. The van der Waals surface area contributed by atoms with E-state index in [2.05, 4.69) is 0 Å². The maximum atomic E-state index is 12.5. The SMILES string of the molecule is C[C@@H]1CN(S(=O)(=O)CCc2cccs2)C(C)(C)CO1. The van der Waals surface area contributed by atoms with Crippen LogP contribution in [0, 0.1) is 0 Å². The second-order valence-corrected chi connectivity index (χ2v) is 8.66. The summed E-state index contributed by atoms with van der Waals surface area (Å²) in [5.41, 5.74) is -0.458. The number of thiophene rings is 1. The lowest BCUT2D eigenvalue weighted by Gasteiger charge is -2.43. The van der Waals surface area contributed by atoms with Crippen molar-refractivity contribution >= 4 is 21.4 Å². The smallest absolute Gasteiger partial charge is 0.215 e.